The number of ether oxygens (including phenoxy) is 1. The van der Waals surface area contributed by atoms with E-state index in [2.05, 4.69) is 9.84 Å². The lowest BCUT2D eigenvalue weighted by Gasteiger charge is -2.14. The molecule has 0 saturated carbocycles. The van der Waals surface area contributed by atoms with E-state index in [1.165, 1.54) is 0 Å². The van der Waals surface area contributed by atoms with Crippen LogP contribution in [-0.2, 0) is 18.6 Å². The van der Waals surface area contributed by atoms with Crippen molar-refractivity contribution in [1.82, 2.24) is 5.32 Å². The Kier molecular flexibility index (Phi) is 4.39. The number of carbonyl (C=O) groups excluding carboxylic acids is 1. The zero-order chi connectivity index (χ0) is 12.3. The minimum atomic E-state index is -4.66. The van der Waals surface area contributed by atoms with E-state index in [4.69, 9.17) is 14.5 Å². The molecule has 1 rings (SSSR count). The van der Waals surface area contributed by atoms with Gasteiger partial charge >= 0.3 is 7.82 Å². The van der Waals surface area contributed by atoms with Gasteiger partial charge in [0.2, 0.25) is 6.41 Å². The number of aliphatic hydroxyl groups excluding tert-OH is 2. The lowest BCUT2D eigenvalue weighted by Crippen LogP contribution is -2.40. The van der Waals surface area contributed by atoms with E-state index in [0.717, 1.165) is 0 Å². The first-order valence-electron chi connectivity index (χ1n) is 4.26. The Morgan fingerprint density at radius 1 is 1.38 bits per heavy atom. The Labute approximate surface area is 90.2 Å². The number of hydrogen-bond acceptors (Lipinski definition) is 6. The molecular formula is C6H12NO8P. The van der Waals surface area contributed by atoms with Crippen molar-refractivity contribution >= 4 is 14.2 Å². The maximum absolute atomic E-state index is 10.4. The summed E-state index contributed by atoms with van der Waals surface area (Å²) in [6.45, 7) is -0.598. The van der Waals surface area contributed by atoms with Crippen molar-refractivity contribution < 1.29 is 38.6 Å². The van der Waals surface area contributed by atoms with E-state index in [-0.39, 0.29) is 6.41 Å². The molecule has 16 heavy (non-hydrogen) atoms. The van der Waals surface area contributed by atoms with E-state index < -0.39 is 39.0 Å². The van der Waals surface area contributed by atoms with Crippen LogP contribution in [0, 0.1) is 0 Å². The van der Waals surface area contributed by atoms with E-state index >= 15 is 0 Å². The van der Waals surface area contributed by atoms with Crippen LogP contribution in [0.3, 0.4) is 0 Å². The Bertz CT molecular complexity index is 292. The van der Waals surface area contributed by atoms with Gasteiger partial charge < -0.3 is 30.1 Å². The molecule has 5 N–H and O–H groups in total. The van der Waals surface area contributed by atoms with Crippen LogP contribution in [0.5, 0.6) is 0 Å². The molecule has 0 aromatic heterocycles. The van der Waals surface area contributed by atoms with Crippen LogP contribution in [-0.4, -0.2) is 57.6 Å². The molecule has 0 aromatic carbocycles. The number of hydrogen-bond donors (Lipinski definition) is 5. The molecule has 0 radical (unpaired) electrons. The third-order valence-electron chi connectivity index (χ3n) is 2.00. The van der Waals surface area contributed by atoms with Gasteiger partial charge in [-0.3, -0.25) is 9.32 Å². The highest BCUT2D eigenvalue weighted by molar-refractivity contribution is 7.46. The quantitative estimate of drug-likeness (QED) is 0.264. The molecule has 0 unspecified atom stereocenters. The van der Waals surface area contributed by atoms with Gasteiger partial charge in [0.25, 0.3) is 0 Å². The molecule has 1 heterocycles. The van der Waals surface area contributed by atoms with Crippen molar-refractivity contribution in [1.29, 1.82) is 0 Å². The summed E-state index contributed by atoms with van der Waals surface area (Å²) in [5.41, 5.74) is 0. The molecule has 1 fully saturated rings. The van der Waals surface area contributed by atoms with Crippen LogP contribution in [0.4, 0.5) is 0 Å². The maximum atomic E-state index is 10.4. The summed E-state index contributed by atoms with van der Waals surface area (Å²) >= 11 is 0. The third-order valence-corrected chi connectivity index (χ3v) is 2.49. The number of amides is 1. The predicted octanol–water partition coefficient (Wildman–Crippen LogP) is -2.71. The number of phosphoric acid groups is 1. The number of carbonyl (C=O) groups is 1. The summed E-state index contributed by atoms with van der Waals surface area (Å²) in [6, 6.07) is 0. The van der Waals surface area contributed by atoms with Gasteiger partial charge in [0.05, 0.1) is 6.61 Å². The van der Waals surface area contributed by atoms with Crippen LogP contribution < -0.4 is 5.32 Å². The molecule has 1 aliphatic rings. The number of rotatable bonds is 5. The van der Waals surface area contributed by atoms with E-state index in [9.17, 15) is 19.6 Å². The normalized spacial score (nSPS) is 35.0. The molecule has 0 bridgehead atoms. The van der Waals surface area contributed by atoms with Gasteiger partial charge in [0, 0.05) is 0 Å². The van der Waals surface area contributed by atoms with Crippen LogP contribution in [0.15, 0.2) is 0 Å². The standard InChI is InChI=1S/C6H12NO8P/c8-2-7-6-5(10)4(9)3(15-6)1-14-16(11,12)13/h2-6,9-10H,1H2,(H,7,8)(H2,11,12,13)/t3-,4-,5-,6-/m1/s1. The van der Waals surface area contributed by atoms with Crippen LogP contribution in [0.2, 0.25) is 0 Å². The van der Waals surface area contributed by atoms with Crippen molar-refractivity contribution in [2.75, 3.05) is 6.61 Å². The first kappa shape index (κ1) is 13.5. The molecule has 0 aromatic rings. The monoisotopic (exact) mass is 257 g/mol. The molecule has 10 heteroatoms. The predicted molar refractivity (Wildman–Crippen MR) is 47.9 cm³/mol. The highest BCUT2D eigenvalue weighted by Gasteiger charge is 2.43. The fraction of sp³-hybridized carbons (Fsp3) is 0.833. The summed E-state index contributed by atoms with van der Waals surface area (Å²) in [6.07, 6.45) is -4.76. The summed E-state index contributed by atoms with van der Waals surface area (Å²) in [7, 11) is -4.66. The fourth-order valence-electron chi connectivity index (χ4n) is 1.26. The van der Waals surface area contributed by atoms with Crippen LogP contribution in [0.1, 0.15) is 0 Å². The van der Waals surface area contributed by atoms with Crippen molar-refractivity contribution in [3.63, 3.8) is 0 Å². The van der Waals surface area contributed by atoms with Crippen LogP contribution >= 0.6 is 7.82 Å². The van der Waals surface area contributed by atoms with Gasteiger partial charge in [0.15, 0.2) is 6.23 Å². The summed E-state index contributed by atoms with van der Waals surface area (Å²) < 4.78 is 19.4. The Balaban J connectivity index is 2.50. The van der Waals surface area contributed by atoms with Gasteiger partial charge in [-0.05, 0) is 0 Å². The second-order valence-electron chi connectivity index (χ2n) is 3.15. The summed E-state index contributed by atoms with van der Waals surface area (Å²) in [4.78, 5) is 26.9. The molecule has 0 aliphatic carbocycles. The summed E-state index contributed by atoms with van der Waals surface area (Å²) in [5.74, 6) is 0. The maximum Gasteiger partial charge on any atom is 0.469 e. The summed E-state index contributed by atoms with van der Waals surface area (Å²) in [5, 5.41) is 20.8. The van der Waals surface area contributed by atoms with Crippen molar-refractivity contribution in [2.24, 2.45) is 0 Å². The number of phosphoric ester groups is 1. The molecule has 1 saturated heterocycles. The fourth-order valence-corrected chi connectivity index (χ4v) is 1.60. The highest BCUT2D eigenvalue weighted by Crippen LogP contribution is 2.36. The van der Waals surface area contributed by atoms with Gasteiger partial charge in [-0.25, -0.2) is 4.57 Å². The average Bonchev–Trinajstić information content (AvgIpc) is 2.43. The lowest BCUT2D eigenvalue weighted by atomic mass is 10.1. The average molecular weight is 257 g/mol. The SMILES string of the molecule is O=CN[C@@H]1O[C@H](COP(=O)(O)O)[C@@H](O)[C@H]1O. The number of nitrogens with one attached hydrogen (secondary N) is 1. The van der Waals surface area contributed by atoms with Gasteiger partial charge in [-0.1, -0.05) is 0 Å². The first-order valence-corrected chi connectivity index (χ1v) is 5.79. The molecule has 4 atom stereocenters. The zero-order valence-electron chi connectivity index (χ0n) is 7.96. The van der Waals surface area contributed by atoms with Crippen LogP contribution in [0.25, 0.3) is 0 Å². The molecule has 0 spiro atoms. The topological polar surface area (TPSA) is 146 Å². The van der Waals surface area contributed by atoms with Gasteiger partial charge in [0.1, 0.15) is 18.3 Å². The highest BCUT2D eigenvalue weighted by atomic mass is 31.2. The van der Waals surface area contributed by atoms with E-state index in [0.29, 0.717) is 0 Å². The molecule has 1 amide bonds. The van der Waals surface area contributed by atoms with E-state index in [1.54, 1.807) is 0 Å². The molecular weight excluding hydrogens is 245 g/mol. The van der Waals surface area contributed by atoms with Crippen molar-refractivity contribution in [2.45, 2.75) is 24.5 Å². The number of aliphatic hydroxyl groups is 2. The van der Waals surface area contributed by atoms with Gasteiger partial charge in [-0.2, -0.15) is 0 Å². The minimum absolute atomic E-state index is 0.271. The lowest BCUT2D eigenvalue weighted by molar-refractivity contribution is -0.115. The third kappa shape index (κ3) is 3.49. The van der Waals surface area contributed by atoms with Crippen molar-refractivity contribution in [3.8, 4) is 0 Å². The second kappa shape index (κ2) is 5.19. The van der Waals surface area contributed by atoms with Crippen molar-refractivity contribution in [3.05, 3.63) is 0 Å². The zero-order valence-corrected chi connectivity index (χ0v) is 8.86. The largest absolute Gasteiger partial charge is 0.469 e. The molecule has 94 valence electrons. The first-order chi connectivity index (χ1) is 7.35. The Hall–Kier alpha value is -0.540. The Morgan fingerprint density at radius 3 is 2.50 bits per heavy atom. The molecule has 1 aliphatic heterocycles. The minimum Gasteiger partial charge on any atom is -0.387 e. The van der Waals surface area contributed by atoms with Gasteiger partial charge in [-0.15, -0.1) is 0 Å². The second-order valence-corrected chi connectivity index (χ2v) is 4.39. The van der Waals surface area contributed by atoms with E-state index in [1.807, 2.05) is 0 Å². The Morgan fingerprint density at radius 2 is 2.00 bits per heavy atom. The molecule has 9 nitrogen and oxygen atoms in total. The smallest absolute Gasteiger partial charge is 0.387 e.